The normalized spacial score (nSPS) is 10.3. The van der Waals surface area contributed by atoms with E-state index < -0.39 is 0 Å². The number of carbonyl (C=O) groups is 2. The average Bonchev–Trinajstić information content (AvgIpc) is 2.93. The third-order valence-corrected chi connectivity index (χ3v) is 4.70. The molecule has 0 aliphatic rings. The second-order valence-electron chi connectivity index (χ2n) is 4.57. The Hall–Kier alpha value is -2.00. The molecule has 1 aromatic heterocycles. The van der Waals surface area contributed by atoms with Gasteiger partial charge < -0.3 is 10.6 Å². The van der Waals surface area contributed by atoms with Crippen molar-refractivity contribution >= 4 is 40.0 Å². The molecule has 0 unspecified atom stereocenters. The Morgan fingerprint density at radius 1 is 1.26 bits per heavy atom. The largest absolute Gasteiger partial charge is 0.356 e. The Morgan fingerprint density at radius 2 is 2.00 bits per heavy atom. The highest BCUT2D eigenvalue weighted by Gasteiger charge is 2.09. The Kier molecular flexibility index (Phi) is 6.48. The summed E-state index contributed by atoms with van der Waals surface area (Å²) in [5, 5.41) is 13.5. The van der Waals surface area contributed by atoms with Gasteiger partial charge in [0, 0.05) is 25.6 Å². The maximum absolute atomic E-state index is 12.8. The average molecular weight is 354 g/mol. The molecule has 0 spiro atoms. The van der Waals surface area contributed by atoms with Crippen LogP contribution in [0.1, 0.15) is 18.9 Å². The molecule has 2 aromatic rings. The van der Waals surface area contributed by atoms with Gasteiger partial charge in [0.25, 0.3) is 0 Å². The van der Waals surface area contributed by atoms with Crippen LogP contribution in [-0.2, 0) is 15.3 Å². The van der Waals surface area contributed by atoms with E-state index in [4.69, 9.17) is 0 Å². The molecule has 0 radical (unpaired) electrons. The van der Waals surface area contributed by atoms with Gasteiger partial charge in [-0.25, -0.2) is 4.39 Å². The molecule has 0 aliphatic carbocycles. The number of thioether (sulfide) groups is 1. The molecule has 1 heterocycles. The van der Waals surface area contributed by atoms with Gasteiger partial charge in [0.05, 0.1) is 0 Å². The lowest BCUT2D eigenvalue weighted by Crippen LogP contribution is -2.25. The van der Waals surface area contributed by atoms with Crippen molar-refractivity contribution in [2.45, 2.75) is 23.4 Å². The van der Waals surface area contributed by atoms with Crippen LogP contribution < -0.4 is 10.6 Å². The molecule has 0 bridgehead atoms. The molecule has 23 heavy (non-hydrogen) atoms. The lowest BCUT2D eigenvalue weighted by molar-refractivity contribution is -0.119. The van der Waals surface area contributed by atoms with Gasteiger partial charge in [-0.15, -0.1) is 10.2 Å². The van der Waals surface area contributed by atoms with E-state index in [1.165, 1.54) is 42.2 Å². The van der Waals surface area contributed by atoms with Gasteiger partial charge in [0.2, 0.25) is 16.9 Å². The number of aromatic nitrogens is 2. The number of amides is 2. The van der Waals surface area contributed by atoms with Gasteiger partial charge in [0.1, 0.15) is 5.82 Å². The Bertz CT molecular complexity index is 676. The number of nitrogens with one attached hydrogen (secondary N) is 2. The molecule has 9 heteroatoms. The van der Waals surface area contributed by atoms with Gasteiger partial charge in [-0.3, -0.25) is 9.59 Å². The zero-order chi connectivity index (χ0) is 16.7. The first-order valence-corrected chi connectivity index (χ1v) is 8.58. The van der Waals surface area contributed by atoms with Crippen molar-refractivity contribution < 1.29 is 14.0 Å². The van der Waals surface area contributed by atoms with E-state index in [-0.39, 0.29) is 30.6 Å². The molecule has 2 rings (SSSR count). The summed E-state index contributed by atoms with van der Waals surface area (Å²) < 4.78 is 13.5. The summed E-state index contributed by atoms with van der Waals surface area (Å²) in [4.78, 5) is 22.4. The number of benzene rings is 1. The molecular formula is C14H15FN4O2S2. The topological polar surface area (TPSA) is 84.0 Å². The van der Waals surface area contributed by atoms with Crippen molar-refractivity contribution in [3.63, 3.8) is 0 Å². The van der Waals surface area contributed by atoms with E-state index in [1.807, 2.05) is 0 Å². The molecular weight excluding hydrogens is 339 g/mol. The predicted octanol–water partition coefficient (Wildman–Crippen LogP) is 2.43. The number of nitrogens with zero attached hydrogens (tertiary/aromatic N) is 2. The Labute approximate surface area is 140 Å². The van der Waals surface area contributed by atoms with Crippen molar-refractivity contribution in [2.75, 3.05) is 11.9 Å². The second kappa shape index (κ2) is 8.59. The lowest BCUT2D eigenvalue weighted by atomic mass is 10.2. The number of carbonyl (C=O) groups excluding carboxylic acids is 2. The maximum Gasteiger partial charge on any atom is 0.227 e. The smallest absolute Gasteiger partial charge is 0.227 e. The third kappa shape index (κ3) is 6.33. The van der Waals surface area contributed by atoms with Gasteiger partial charge in [0.15, 0.2) is 4.34 Å². The van der Waals surface area contributed by atoms with Crippen LogP contribution in [0.4, 0.5) is 9.52 Å². The number of rotatable bonds is 7. The fourth-order valence-electron chi connectivity index (χ4n) is 1.58. The second-order valence-corrected chi connectivity index (χ2v) is 6.77. The molecule has 1 aromatic carbocycles. The van der Waals surface area contributed by atoms with Gasteiger partial charge >= 0.3 is 0 Å². The highest BCUT2D eigenvalue weighted by molar-refractivity contribution is 8.00. The van der Waals surface area contributed by atoms with Crippen LogP contribution >= 0.6 is 23.1 Å². The Balaban J connectivity index is 1.77. The first-order chi connectivity index (χ1) is 11.0. The molecule has 2 N–H and O–H groups in total. The van der Waals surface area contributed by atoms with E-state index in [0.29, 0.717) is 15.2 Å². The molecule has 2 amide bonds. The summed E-state index contributed by atoms with van der Waals surface area (Å²) >= 11 is 2.73. The standard InChI is InChI=1S/C14H15FN4O2S2/c1-9(20)16-7-6-12(21)17-13-18-19-14(23-13)22-8-10-2-4-11(15)5-3-10/h2-5H,6-8H2,1H3,(H,16,20)(H,17,18,21). The maximum atomic E-state index is 12.8. The first-order valence-electron chi connectivity index (χ1n) is 6.78. The number of halogens is 1. The summed E-state index contributed by atoms with van der Waals surface area (Å²) in [7, 11) is 0. The van der Waals surface area contributed by atoms with Crippen molar-refractivity contribution in [1.29, 1.82) is 0 Å². The minimum atomic E-state index is -0.265. The highest BCUT2D eigenvalue weighted by Crippen LogP contribution is 2.28. The minimum absolute atomic E-state index is 0.173. The zero-order valence-corrected chi connectivity index (χ0v) is 14.0. The molecule has 122 valence electrons. The van der Waals surface area contributed by atoms with E-state index in [0.717, 1.165) is 5.56 Å². The van der Waals surface area contributed by atoms with Gasteiger partial charge in [-0.2, -0.15) is 0 Å². The molecule has 0 aliphatic heterocycles. The third-order valence-electron chi connectivity index (χ3n) is 2.65. The van der Waals surface area contributed by atoms with Crippen LogP contribution in [0.25, 0.3) is 0 Å². The number of anilines is 1. The summed E-state index contributed by atoms with van der Waals surface area (Å²) in [6.07, 6.45) is 0.178. The monoisotopic (exact) mass is 354 g/mol. The molecule has 0 fully saturated rings. The van der Waals surface area contributed by atoms with Crippen molar-refractivity contribution in [2.24, 2.45) is 0 Å². The minimum Gasteiger partial charge on any atom is -0.356 e. The quantitative estimate of drug-likeness (QED) is 0.589. The van der Waals surface area contributed by atoms with E-state index in [9.17, 15) is 14.0 Å². The fourth-order valence-corrected chi connectivity index (χ4v) is 3.30. The van der Waals surface area contributed by atoms with Crippen LogP contribution in [0.5, 0.6) is 0 Å². The van der Waals surface area contributed by atoms with Gasteiger partial charge in [-0.1, -0.05) is 35.2 Å². The first kappa shape index (κ1) is 17.4. The van der Waals surface area contributed by atoms with Crippen LogP contribution in [-0.4, -0.2) is 28.6 Å². The van der Waals surface area contributed by atoms with Crippen LogP contribution in [0.3, 0.4) is 0 Å². The molecule has 0 saturated heterocycles. The Morgan fingerprint density at radius 3 is 2.70 bits per heavy atom. The summed E-state index contributed by atoms with van der Waals surface area (Å²) in [6, 6.07) is 6.26. The fraction of sp³-hybridized carbons (Fsp3) is 0.286. The lowest BCUT2D eigenvalue weighted by Gasteiger charge is -2.01. The number of hydrogen-bond acceptors (Lipinski definition) is 6. The predicted molar refractivity (Wildman–Crippen MR) is 87.8 cm³/mol. The highest BCUT2D eigenvalue weighted by atomic mass is 32.2. The molecule has 6 nitrogen and oxygen atoms in total. The summed E-state index contributed by atoms with van der Waals surface area (Å²) in [6.45, 7) is 1.68. The van der Waals surface area contributed by atoms with Crippen LogP contribution in [0.2, 0.25) is 0 Å². The molecule has 0 atom stereocenters. The van der Waals surface area contributed by atoms with Crippen molar-refractivity contribution in [3.05, 3.63) is 35.6 Å². The zero-order valence-electron chi connectivity index (χ0n) is 12.3. The summed E-state index contributed by atoms with van der Waals surface area (Å²) in [5.41, 5.74) is 0.979. The van der Waals surface area contributed by atoms with Crippen molar-refractivity contribution in [1.82, 2.24) is 15.5 Å². The SMILES string of the molecule is CC(=O)NCCC(=O)Nc1nnc(SCc2ccc(F)cc2)s1. The van der Waals surface area contributed by atoms with E-state index >= 15 is 0 Å². The number of hydrogen-bond donors (Lipinski definition) is 2. The van der Waals surface area contributed by atoms with E-state index in [1.54, 1.807) is 12.1 Å². The van der Waals surface area contributed by atoms with Crippen LogP contribution in [0.15, 0.2) is 28.6 Å². The van der Waals surface area contributed by atoms with Crippen LogP contribution in [0, 0.1) is 5.82 Å². The molecule has 0 saturated carbocycles. The van der Waals surface area contributed by atoms with E-state index in [2.05, 4.69) is 20.8 Å². The van der Waals surface area contributed by atoms with Crippen molar-refractivity contribution in [3.8, 4) is 0 Å². The van der Waals surface area contributed by atoms with Gasteiger partial charge in [-0.05, 0) is 17.7 Å². The summed E-state index contributed by atoms with van der Waals surface area (Å²) in [5.74, 6) is -0.0251.